The minimum absolute atomic E-state index is 0.126. The molecule has 27 heavy (non-hydrogen) atoms. The Bertz CT molecular complexity index is 856. The van der Waals surface area contributed by atoms with Crippen molar-refractivity contribution in [2.75, 3.05) is 13.6 Å². The summed E-state index contributed by atoms with van der Waals surface area (Å²) in [4.78, 5) is 26.4. The summed E-state index contributed by atoms with van der Waals surface area (Å²) in [6.45, 7) is 5.56. The summed E-state index contributed by atoms with van der Waals surface area (Å²) in [7, 11) is 1.55. The van der Waals surface area contributed by atoms with Crippen LogP contribution in [0.15, 0.2) is 24.3 Å². The summed E-state index contributed by atoms with van der Waals surface area (Å²) in [5.74, 6) is -1.36. The number of halogens is 3. The highest BCUT2D eigenvalue weighted by molar-refractivity contribution is 6.43. The van der Waals surface area contributed by atoms with Crippen molar-refractivity contribution < 1.29 is 22.8 Å². The number of carbonyl (C=O) groups is 2. The number of likely N-dealkylation sites (N-methyl/N-ethyl adjacent to an activating group) is 1. The first kappa shape index (κ1) is 20.7. The van der Waals surface area contributed by atoms with E-state index in [4.69, 9.17) is 0 Å². The summed E-state index contributed by atoms with van der Waals surface area (Å²) in [5.41, 5.74) is 0.119. The zero-order chi connectivity index (χ0) is 20.4. The maximum atomic E-state index is 13.0. The number of Topliss-reactive ketones (excluding diaryl/α,β-unsaturated/α-hetero) is 1. The minimum Gasteiger partial charge on any atom is -0.339 e. The fourth-order valence-electron chi connectivity index (χ4n) is 2.81. The van der Waals surface area contributed by atoms with E-state index < -0.39 is 23.4 Å². The molecule has 0 saturated heterocycles. The van der Waals surface area contributed by atoms with Gasteiger partial charge in [-0.25, -0.2) is 4.68 Å². The highest BCUT2D eigenvalue weighted by Crippen LogP contribution is 2.31. The van der Waals surface area contributed by atoms with E-state index in [0.29, 0.717) is 17.9 Å². The number of unbranched alkanes of at least 4 members (excludes halogenated alkanes) is 1. The van der Waals surface area contributed by atoms with Crippen molar-refractivity contribution in [1.82, 2.24) is 14.7 Å². The second kappa shape index (κ2) is 7.94. The number of aryl methyl sites for hydroxylation is 1. The molecule has 146 valence electrons. The summed E-state index contributed by atoms with van der Waals surface area (Å²) in [6, 6.07) is 4.67. The van der Waals surface area contributed by atoms with Crippen molar-refractivity contribution >= 4 is 11.7 Å². The molecule has 0 N–H and O–H groups in total. The van der Waals surface area contributed by atoms with E-state index >= 15 is 0 Å². The van der Waals surface area contributed by atoms with Gasteiger partial charge in [-0.05, 0) is 38.5 Å². The van der Waals surface area contributed by atoms with Gasteiger partial charge in [0.2, 0.25) is 0 Å². The van der Waals surface area contributed by atoms with Gasteiger partial charge < -0.3 is 4.90 Å². The molecule has 0 aliphatic heterocycles. The first-order valence-electron chi connectivity index (χ1n) is 8.61. The molecule has 1 aromatic carbocycles. The number of rotatable bonds is 6. The molecule has 0 unspecified atom stereocenters. The molecular weight excluding hydrogens is 359 g/mol. The van der Waals surface area contributed by atoms with Crippen LogP contribution in [0.25, 0.3) is 5.69 Å². The third-order valence-corrected chi connectivity index (χ3v) is 4.32. The lowest BCUT2D eigenvalue weighted by atomic mass is 10.1. The number of benzene rings is 1. The topological polar surface area (TPSA) is 55.2 Å². The van der Waals surface area contributed by atoms with Crippen LogP contribution in [0.5, 0.6) is 0 Å². The highest BCUT2D eigenvalue weighted by atomic mass is 19.4. The van der Waals surface area contributed by atoms with E-state index in [1.165, 1.54) is 21.7 Å². The maximum absolute atomic E-state index is 13.0. The van der Waals surface area contributed by atoms with Crippen LogP contribution in [0.2, 0.25) is 0 Å². The molecule has 2 rings (SSSR count). The van der Waals surface area contributed by atoms with Gasteiger partial charge in [-0.15, -0.1) is 0 Å². The van der Waals surface area contributed by atoms with Gasteiger partial charge in [-0.3, -0.25) is 9.59 Å². The summed E-state index contributed by atoms with van der Waals surface area (Å²) < 4.78 is 40.1. The highest BCUT2D eigenvalue weighted by Gasteiger charge is 2.31. The Balaban J connectivity index is 2.40. The molecule has 1 heterocycles. The number of amides is 1. The van der Waals surface area contributed by atoms with E-state index in [2.05, 4.69) is 5.10 Å². The molecule has 1 aromatic heterocycles. The lowest BCUT2D eigenvalue weighted by molar-refractivity contribution is -0.137. The van der Waals surface area contributed by atoms with E-state index in [1.54, 1.807) is 20.9 Å². The van der Waals surface area contributed by atoms with E-state index in [9.17, 15) is 22.8 Å². The molecule has 5 nitrogen and oxygen atoms in total. The SMILES string of the molecule is CCCCN(C)C(=O)C(=O)c1c(C)nn(-c2cccc(C(F)(F)F)c2)c1C. The molecule has 0 radical (unpaired) electrons. The monoisotopic (exact) mass is 381 g/mol. The Morgan fingerprint density at radius 1 is 1.22 bits per heavy atom. The molecule has 0 aliphatic rings. The second-order valence-corrected chi connectivity index (χ2v) is 6.42. The molecule has 0 fully saturated rings. The Hall–Kier alpha value is -2.64. The van der Waals surface area contributed by atoms with E-state index in [0.717, 1.165) is 25.0 Å². The third kappa shape index (κ3) is 4.37. The third-order valence-electron chi connectivity index (χ3n) is 4.32. The molecule has 2 aromatic rings. The van der Waals surface area contributed by atoms with Crippen molar-refractivity contribution in [2.24, 2.45) is 0 Å². The van der Waals surface area contributed by atoms with Gasteiger partial charge in [0, 0.05) is 13.6 Å². The second-order valence-electron chi connectivity index (χ2n) is 6.42. The predicted molar refractivity (Wildman–Crippen MR) is 94.9 cm³/mol. The number of nitrogens with zero attached hydrogens (tertiary/aromatic N) is 3. The molecule has 0 saturated carbocycles. The Kier molecular flexibility index (Phi) is 6.08. The van der Waals surface area contributed by atoms with Crippen LogP contribution in [0.1, 0.15) is 47.1 Å². The summed E-state index contributed by atoms with van der Waals surface area (Å²) >= 11 is 0. The lowest BCUT2D eigenvalue weighted by Crippen LogP contribution is -2.34. The standard InChI is InChI=1S/C19H22F3N3O2/c1-5-6-10-24(4)18(27)17(26)16-12(2)23-25(13(16)3)15-9-7-8-14(11-15)19(20,21)22/h7-9,11H,5-6,10H2,1-4H3. The minimum atomic E-state index is -4.48. The number of carbonyl (C=O) groups excluding carboxylic acids is 2. The Morgan fingerprint density at radius 2 is 1.89 bits per heavy atom. The van der Waals surface area contributed by atoms with Gasteiger partial charge in [0.25, 0.3) is 11.7 Å². The van der Waals surface area contributed by atoms with Crippen molar-refractivity contribution in [3.05, 3.63) is 46.8 Å². The number of ketones is 1. The van der Waals surface area contributed by atoms with E-state index in [1.807, 2.05) is 6.92 Å². The molecule has 0 atom stereocenters. The molecular formula is C19H22F3N3O2. The first-order chi connectivity index (χ1) is 12.6. The molecule has 1 amide bonds. The summed E-state index contributed by atoms with van der Waals surface area (Å²) in [5, 5.41) is 4.19. The largest absolute Gasteiger partial charge is 0.416 e. The van der Waals surface area contributed by atoms with Crippen molar-refractivity contribution in [3.8, 4) is 5.69 Å². The lowest BCUT2D eigenvalue weighted by Gasteiger charge is -2.15. The van der Waals surface area contributed by atoms with Gasteiger partial charge >= 0.3 is 6.18 Å². The van der Waals surface area contributed by atoms with Crippen molar-refractivity contribution in [2.45, 2.75) is 39.8 Å². The zero-order valence-corrected chi connectivity index (χ0v) is 15.7. The van der Waals surface area contributed by atoms with Crippen molar-refractivity contribution in [3.63, 3.8) is 0 Å². The molecule has 0 bridgehead atoms. The number of hydrogen-bond donors (Lipinski definition) is 0. The average Bonchev–Trinajstić information content (AvgIpc) is 2.92. The van der Waals surface area contributed by atoms with Crippen LogP contribution in [0, 0.1) is 13.8 Å². The van der Waals surface area contributed by atoms with Gasteiger partial charge in [-0.2, -0.15) is 18.3 Å². The fraction of sp³-hybridized carbons (Fsp3) is 0.421. The maximum Gasteiger partial charge on any atom is 0.416 e. The fourth-order valence-corrected chi connectivity index (χ4v) is 2.81. The van der Waals surface area contributed by atoms with Crippen LogP contribution < -0.4 is 0 Å². The van der Waals surface area contributed by atoms with Crippen LogP contribution in [0.3, 0.4) is 0 Å². The molecule has 8 heteroatoms. The Morgan fingerprint density at radius 3 is 2.48 bits per heavy atom. The molecule has 0 aliphatic carbocycles. The Labute approximate surface area is 155 Å². The van der Waals surface area contributed by atoms with Crippen LogP contribution in [-0.2, 0) is 11.0 Å². The number of aromatic nitrogens is 2. The first-order valence-corrected chi connectivity index (χ1v) is 8.61. The van der Waals surface area contributed by atoms with Gasteiger partial charge in [0.15, 0.2) is 0 Å². The smallest absolute Gasteiger partial charge is 0.339 e. The average molecular weight is 381 g/mol. The predicted octanol–water partition coefficient (Wildman–Crippen LogP) is 3.95. The van der Waals surface area contributed by atoms with Crippen molar-refractivity contribution in [1.29, 1.82) is 0 Å². The number of alkyl halides is 3. The van der Waals surface area contributed by atoms with Gasteiger partial charge in [-0.1, -0.05) is 19.4 Å². The van der Waals surface area contributed by atoms with Crippen LogP contribution >= 0.6 is 0 Å². The summed E-state index contributed by atoms with van der Waals surface area (Å²) in [6.07, 6.45) is -2.82. The van der Waals surface area contributed by atoms with E-state index in [-0.39, 0.29) is 11.3 Å². The van der Waals surface area contributed by atoms with Crippen LogP contribution in [-0.4, -0.2) is 40.0 Å². The quantitative estimate of drug-likeness (QED) is 0.562. The van der Waals surface area contributed by atoms with Gasteiger partial charge in [0.1, 0.15) is 0 Å². The number of hydrogen-bond acceptors (Lipinski definition) is 3. The zero-order valence-electron chi connectivity index (χ0n) is 15.7. The van der Waals surface area contributed by atoms with Crippen LogP contribution in [0.4, 0.5) is 13.2 Å². The molecule has 0 spiro atoms. The van der Waals surface area contributed by atoms with Gasteiger partial charge in [0.05, 0.1) is 28.2 Å². The normalized spacial score (nSPS) is 11.5.